The van der Waals surface area contributed by atoms with Crippen LogP contribution in [0.3, 0.4) is 0 Å². The number of hydrogen-bond acceptors (Lipinski definition) is 2. The van der Waals surface area contributed by atoms with E-state index in [9.17, 15) is 9.59 Å². The van der Waals surface area contributed by atoms with Crippen molar-refractivity contribution in [2.45, 2.75) is 6.92 Å². The maximum atomic E-state index is 11.5. The first-order chi connectivity index (χ1) is 10.1. The molecule has 1 aromatic heterocycles. The lowest BCUT2D eigenvalue weighted by Crippen LogP contribution is -1.89. The van der Waals surface area contributed by atoms with Crippen LogP contribution in [0.25, 0.3) is 22.0 Å². The van der Waals surface area contributed by atoms with Crippen LogP contribution >= 0.6 is 12.6 Å². The molecular weight excluding hydrogens is 282 g/mol. The Bertz CT molecular complexity index is 847. The van der Waals surface area contributed by atoms with Crippen LogP contribution in [0, 0.1) is 0 Å². The van der Waals surface area contributed by atoms with Gasteiger partial charge in [0.2, 0.25) is 5.12 Å². The number of nitrogens with one attached hydrogen (secondary N) is 1. The molecule has 0 fully saturated rings. The SMILES string of the molecule is CC(=O)c1cc2c(-c3ccc(C(=O)S)cc3)cccc2[nH]1. The average Bonchev–Trinajstić information content (AvgIpc) is 2.91. The second-order valence-corrected chi connectivity index (χ2v) is 5.29. The van der Waals surface area contributed by atoms with Crippen molar-refractivity contribution in [3.05, 3.63) is 59.8 Å². The first-order valence-corrected chi connectivity index (χ1v) is 6.97. The predicted molar refractivity (Wildman–Crippen MR) is 87.1 cm³/mol. The first kappa shape index (κ1) is 13.6. The second kappa shape index (κ2) is 5.22. The van der Waals surface area contributed by atoms with Gasteiger partial charge in [-0.2, -0.15) is 0 Å². The van der Waals surface area contributed by atoms with E-state index in [0.717, 1.165) is 22.0 Å². The van der Waals surface area contributed by atoms with Crippen LogP contribution in [-0.2, 0) is 0 Å². The Labute approximate surface area is 127 Å². The van der Waals surface area contributed by atoms with Crippen LogP contribution in [0.2, 0.25) is 0 Å². The summed E-state index contributed by atoms with van der Waals surface area (Å²) < 4.78 is 0. The molecule has 0 atom stereocenters. The summed E-state index contributed by atoms with van der Waals surface area (Å²) >= 11 is 3.81. The Morgan fingerprint density at radius 1 is 1.05 bits per heavy atom. The van der Waals surface area contributed by atoms with Gasteiger partial charge in [0.1, 0.15) is 0 Å². The van der Waals surface area contributed by atoms with E-state index in [-0.39, 0.29) is 10.9 Å². The van der Waals surface area contributed by atoms with Gasteiger partial charge in [-0.15, -0.1) is 12.6 Å². The van der Waals surface area contributed by atoms with Crippen molar-refractivity contribution < 1.29 is 9.59 Å². The number of fused-ring (bicyclic) bond motifs is 1. The van der Waals surface area contributed by atoms with Crippen LogP contribution in [0.4, 0.5) is 0 Å². The Morgan fingerprint density at radius 3 is 2.38 bits per heavy atom. The third kappa shape index (κ3) is 2.50. The number of carbonyl (C=O) groups is 2. The van der Waals surface area contributed by atoms with Crippen LogP contribution in [-0.4, -0.2) is 15.9 Å². The number of aromatic amines is 1. The lowest BCUT2D eigenvalue weighted by atomic mass is 10.0. The number of aromatic nitrogens is 1. The highest BCUT2D eigenvalue weighted by atomic mass is 32.1. The molecule has 0 radical (unpaired) electrons. The molecule has 3 nitrogen and oxygen atoms in total. The van der Waals surface area contributed by atoms with Gasteiger partial charge in [0.15, 0.2) is 5.78 Å². The molecule has 0 aliphatic heterocycles. The van der Waals surface area contributed by atoms with Crippen LogP contribution in [0.15, 0.2) is 48.5 Å². The number of rotatable bonds is 3. The number of benzene rings is 2. The normalized spacial score (nSPS) is 10.8. The van der Waals surface area contributed by atoms with Crippen LogP contribution < -0.4 is 0 Å². The summed E-state index contributed by atoms with van der Waals surface area (Å²) in [6.45, 7) is 1.54. The van der Waals surface area contributed by atoms with Gasteiger partial charge in [-0.3, -0.25) is 9.59 Å². The first-order valence-electron chi connectivity index (χ1n) is 6.52. The minimum atomic E-state index is -0.250. The van der Waals surface area contributed by atoms with E-state index >= 15 is 0 Å². The monoisotopic (exact) mass is 295 g/mol. The molecule has 104 valence electrons. The number of H-pyrrole nitrogens is 1. The highest BCUT2D eigenvalue weighted by molar-refractivity contribution is 7.97. The number of ketones is 1. The van der Waals surface area contributed by atoms with E-state index in [0.29, 0.717) is 11.3 Å². The summed E-state index contributed by atoms with van der Waals surface area (Å²) in [7, 11) is 0. The zero-order valence-electron chi connectivity index (χ0n) is 11.4. The molecule has 1 heterocycles. The standard InChI is InChI=1S/C17H13NO2S/c1-10(19)16-9-14-13(3-2-4-15(14)18-16)11-5-7-12(8-6-11)17(20)21/h2-9,18H,1H3,(H,20,21). The minimum Gasteiger partial charge on any atom is -0.352 e. The smallest absolute Gasteiger partial charge is 0.216 e. The number of carbonyl (C=O) groups excluding carboxylic acids is 2. The van der Waals surface area contributed by atoms with E-state index < -0.39 is 0 Å². The van der Waals surface area contributed by atoms with E-state index in [1.807, 2.05) is 36.4 Å². The summed E-state index contributed by atoms with van der Waals surface area (Å²) in [5.74, 6) is 0.00756. The molecule has 0 spiro atoms. The fourth-order valence-corrected chi connectivity index (χ4v) is 2.54. The third-order valence-corrected chi connectivity index (χ3v) is 3.74. The molecule has 3 rings (SSSR count). The van der Waals surface area contributed by atoms with E-state index in [2.05, 4.69) is 17.6 Å². The lowest BCUT2D eigenvalue weighted by molar-refractivity contribution is 0.101. The average molecular weight is 295 g/mol. The predicted octanol–water partition coefficient (Wildman–Crippen LogP) is 4.11. The van der Waals surface area contributed by atoms with Gasteiger partial charge < -0.3 is 4.98 Å². The summed E-state index contributed by atoms with van der Waals surface area (Å²) in [5, 5.41) is 0.743. The molecule has 0 amide bonds. The van der Waals surface area contributed by atoms with Gasteiger partial charge in [-0.1, -0.05) is 24.3 Å². The molecule has 0 aliphatic carbocycles. The highest BCUT2D eigenvalue weighted by Crippen LogP contribution is 2.29. The van der Waals surface area contributed by atoms with Gasteiger partial charge in [0, 0.05) is 23.4 Å². The lowest BCUT2D eigenvalue weighted by Gasteiger charge is -2.04. The van der Waals surface area contributed by atoms with E-state index in [1.165, 1.54) is 6.92 Å². The van der Waals surface area contributed by atoms with Crippen molar-refractivity contribution in [1.29, 1.82) is 0 Å². The van der Waals surface area contributed by atoms with Gasteiger partial charge in [0.25, 0.3) is 0 Å². The summed E-state index contributed by atoms with van der Waals surface area (Å²) in [4.78, 5) is 25.8. The van der Waals surface area contributed by atoms with Crippen molar-refractivity contribution in [3.8, 4) is 11.1 Å². The quantitative estimate of drug-likeness (QED) is 0.564. The Kier molecular flexibility index (Phi) is 3.39. The molecule has 0 saturated heterocycles. The van der Waals surface area contributed by atoms with E-state index in [4.69, 9.17) is 0 Å². The zero-order chi connectivity index (χ0) is 15.0. The Balaban J connectivity index is 2.15. The number of thiol groups is 1. The van der Waals surface area contributed by atoms with Crippen LogP contribution in [0.1, 0.15) is 27.8 Å². The maximum absolute atomic E-state index is 11.5. The van der Waals surface area contributed by atoms with Crippen molar-refractivity contribution in [2.24, 2.45) is 0 Å². The Hall–Kier alpha value is -2.33. The molecule has 1 N–H and O–H groups in total. The molecule has 3 aromatic rings. The van der Waals surface area contributed by atoms with Gasteiger partial charge in [0.05, 0.1) is 5.69 Å². The molecule has 2 aromatic carbocycles. The molecule has 0 aliphatic rings. The van der Waals surface area contributed by atoms with Crippen molar-refractivity contribution >= 4 is 34.4 Å². The zero-order valence-corrected chi connectivity index (χ0v) is 12.3. The van der Waals surface area contributed by atoms with Crippen molar-refractivity contribution in [1.82, 2.24) is 4.98 Å². The maximum Gasteiger partial charge on any atom is 0.216 e. The minimum absolute atomic E-state index is 0.00756. The van der Waals surface area contributed by atoms with Crippen molar-refractivity contribution in [2.75, 3.05) is 0 Å². The van der Waals surface area contributed by atoms with Crippen LogP contribution in [0.5, 0.6) is 0 Å². The molecule has 0 unspecified atom stereocenters. The molecular formula is C17H13NO2S. The fourth-order valence-electron chi connectivity index (χ4n) is 2.39. The largest absolute Gasteiger partial charge is 0.352 e. The molecule has 21 heavy (non-hydrogen) atoms. The number of hydrogen-bond donors (Lipinski definition) is 2. The Morgan fingerprint density at radius 2 is 1.76 bits per heavy atom. The molecule has 0 bridgehead atoms. The molecule has 4 heteroatoms. The molecule has 0 saturated carbocycles. The summed E-state index contributed by atoms with van der Waals surface area (Å²) in [5.41, 5.74) is 4.10. The van der Waals surface area contributed by atoms with Gasteiger partial charge in [-0.05, 0) is 35.4 Å². The topological polar surface area (TPSA) is 49.9 Å². The van der Waals surface area contributed by atoms with Crippen molar-refractivity contribution in [3.63, 3.8) is 0 Å². The highest BCUT2D eigenvalue weighted by Gasteiger charge is 2.10. The van der Waals surface area contributed by atoms with E-state index in [1.54, 1.807) is 12.1 Å². The summed E-state index contributed by atoms with van der Waals surface area (Å²) in [6, 6.07) is 15.0. The second-order valence-electron chi connectivity index (χ2n) is 4.89. The van der Waals surface area contributed by atoms with Gasteiger partial charge in [-0.25, -0.2) is 0 Å². The number of Topliss-reactive ketones (excluding diaryl/α,β-unsaturated/α-hetero) is 1. The third-order valence-electron chi connectivity index (χ3n) is 3.49. The summed E-state index contributed by atoms with van der Waals surface area (Å²) in [6.07, 6.45) is 0. The fraction of sp³-hybridized carbons (Fsp3) is 0.0588. The van der Waals surface area contributed by atoms with Gasteiger partial charge >= 0.3 is 0 Å².